The molecule has 8 nitrogen and oxygen atoms in total. The molecule has 2 N–H and O–H groups in total. The zero-order chi connectivity index (χ0) is 24.1. The smallest absolute Gasteiger partial charge is 0.294 e. The number of hydrogen-bond acceptors (Lipinski definition) is 6. The van der Waals surface area contributed by atoms with Crippen LogP contribution in [0.3, 0.4) is 0 Å². The molecule has 0 radical (unpaired) electrons. The molecular weight excluding hydrogens is 441 g/mol. The van der Waals surface area contributed by atoms with Gasteiger partial charge in [0.15, 0.2) is 0 Å². The summed E-state index contributed by atoms with van der Waals surface area (Å²) < 4.78 is 29.4. The number of nitrogens with one attached hydrogen (secondary N) is 2. The van der Waals surface area contributed by atoms with Gasteiger partial charge in [0.25, 0.3) is 11.8 Å². The largest absolute Gasteiger partial charge is 0.494 e. The second-order valence-corrected chi connectivity index (χ2v) is 7.11. The molecule has 2 amide bonds. The lowest BCUT2D eigenvalue weighted by Crippen LogP contribution is -2.14. The molecule has 0 atom stereocenters. The Kier molecular flexibility index (Phi) is 6.54. The van der Waals surface area contributed by atoms with Gasteiger partial charge in [0.05, 0.1) is 25.6 Å². The Morgan fingerprint density at radius 2 is 1.47 bits per heavy atom. The Morgan fingerprint density at radius 1 is 0.824 bits per heavy atom. The lowest BCUT2D eigenvalue weighted by atomic mass is 10.1. The number of amides is 2. The molecule has 0 aliphatic carbocycles. The van der Waals surface area contributed by atoms with Gasteiger partial charge in [-0.25, -0.2) is 4.39 Å². The van der Waals surface area contributed by atoms with Crippen molar-refractivity contribution in [2.45, 2.75) is 0 Å². The van der Waals surface area contributed by atoms with E-state index in [4.69, 9.17) is 14.0 Å². The number of hydrogen-bond donors (Lipinski definition) is 2. The summed E-state index contributed by atoms with van der Waals surface area (Å²) in [5, 5.41) is 9.29. The standard InChI is InChI=1S/C25H20FN3O5/c1-32-21-14-20(22(33-2)13-19(21)27-24(30)15-7-4-3-5-8-15)28-25(31)23-12-18(29-34-23)16-9-6-10-17(26)11-16/h3-14H,1-2H3,(H,27,30)(H,28,31). The van der Waals surface area contributed by atoms with Crippen LogP contribution in [0.5, 0.6) is 11.5 Å². The van der Waals surface area contributed by atoms with Gasteiger partial charge in [-0.05, 0) is 24.3 Å². The van der Waals surface area contributed by atoms with E-state index in [2.05, 4.69) is 15.8 Å². The van der Waals surface area contributed by atoms with Gasteiger partial charge in [-0.15, -0.1) is 0 Å². The number of aromatic nitrogens is 1. The van der Waals surface area contributed by atoms with Crippen molar-refractivity contribution in [3.8, 4) is 22.8 Å². The van der Waals surface area contributed by atoms with E-state index in [1.165, 1.54) is 50.6 Å². The van der Waals surface area contributed by atoms with Crippen molar-refractivity contribution < 1.29 is 28.0 Å². The minimum absolute atomic E-state index is 0.0817. The van der Waals surface area contributed by atoms with Crippen LogP contribution in [-0.4, -0.2) is 31.2 Å². The quantitative estimate of drug-likeness (QED) is 0.401. The van der Waals surface area contributed by atoms with E-state index in [1.54, 1.807) is 30.3 Å². The number of ether oxygens (including phenoxy) is 2. The Bertz CT molecular complexity index is 1340. The highest BCUT2D eigenvalue weighted by Gasteiger charge is 2.19. The van der Waals surface area contributed by atoms with Crippen LogP contribution in [0.1, 0.15) is 20.9 Å². The Labute approximate surface area is 194 Å². The van der Waals surface area contributed by atoms with Crippen LogP contribution in [0, 0.1) is 5.82 Å². The van der Waals surface area contributed by atoms with Gasteiger partial charge < -0.3 is 24.6 Å². The first kappa shape index (κ1) is 22.5. The van der Waals surface area contributed by atoms with Crippen LogP contribution >= 0.6 is 0 Å². The summed E-state index contributed by atoms with van der Waals surface area (Å²) in [6.45, 7) is 0. The summed E-state index contributed by atoms with van der Waals surface area (Å²) >= 11 is 0. The summed E-state index contributed by atoms with van der Waals surface area (Å²) in [6, 6.07) is 18.9. The molecule has 0 aliphatic heterocycles. The van der Waals surface area contributed by atoms with Gasteiger partial charge in [-0.1, -0.05) is 35.5 Å². The number of carbonyl (C=O) groups excluding carboxylic acids is 2. The zero-order valence-corrected chi connectivity index (χ0v) is 18.3. The number of benzene rings is 3. The second-order valence-electron chi connectivity index (χ2n) is 7.11. The first-order valence-electron chi connectivity index (χ1n) is 10.1. The average Bonchev–Trinajstić information content (AvgIpc) is 3.36. The van der Waals surface area contributed by atoms with Crippen molar-refractivity contribution in [3.63, 3.8) is 0 Å². The van der Waals surface area contributed by atoms with E-state index in [-0.39, 0.29) is 23.1 Å². The summed E-state index contributed by atoms with van der Waals surface area (Å²) in [5.41, 5.74) is 1.90. The number of rotatable bonds is 7. The van der Waals surface area contributed by atoms with Crippen LogP contribution in [-0.2, 0) is 0 Å². The number of carbonyl (C=O) groups is 2. The highest BCUT2D eigenvalue weighted by atomic mass is 19.1. The van der Waals surface area contributed by atoms with Crippen LogP contribution in [0.25, 0.3) is 11.3 Å². The summed E-state index contributed by atoms with van der Waals surface area (Å²) in [7, 11) is 2.87. The molecular formula is C25H20FN3O5. The third kappa shape index (κ3) is 4.88. The Hall–Kier alpha value is -4.66. The normalized spacial score (nSPS) is 10.4. The van der Waals surface area contributed by atoms with E-state index in [0.717, 1.165) is 0 Å². The third-order valence-electron chi connectivity index (χ3n) is 4.91. The fourth-order valence-electron chi connectivity index (χ4n) is 3.23. The first-order valence-corrected chi connectivity index (χ1v) is 10.1. The molecule has 1 heterocycles. The molecule has 1 aromatic heterocycles. The minimum Gasteiger partial charge on any atom is -0.494 e. The number of anilines is 2. The fourth-order valence-corrected chi connectivity index (χ4v) is 3.23. The third-order valence-corrected chi connectivity index (χ3v) is 4.91. The maximum Gasteiger partial charge on any atom is 0.294 e. The van der Waals surface area contributed by atoms with Gasteiger partial charge in [0.1, 0.15) is 23.0 Å². The predicted molar refractivity (Wildman–Crippen MR) is 124 cm³/mol. The van der Waals surface area contributed by atoms with Crippen molar-refractivity contribution >= 4 is 23.2 Å². The van der Waals surface area contributed by atoms with Gasteiger partial charge in [0.2, 0.25) is 5.76 Å². The van der Waals surface area contributed by atoms with Crippen molar-refractivity contribution in [1.82, 2.24) is 5.16 Å². The fraction of sp³-hybridized carbons (Fsp3) is 0.0800. The molecule has 0 unspecified atom stereocenters. The van der Waals surface area contributed by atoms with Gasteiger partial charge in [-0.3, -0.25) is 9.59 Å². The SMILES string of the molecule is COc1cc(NC(=O)c2cc(-c3cccc(F)c3)no2)c(OC)cc1NC(=O)c1ccccc1. The van der Waals surface area contributed by atoms with Crippen molar-refractivity contribution in [2.24, 2.45) is 0 Å². The molecule has 9 heteroatoms. The monoisotopic (exact) mass is 461 g/mol. The summed E-state index contributed by atoms with van der Waals surface area (Å²) in [6.07, 6.45) is 0. The highest BCUT2D eigenvalue weighted by molar-refractivity contribution is 6.07. The van der Waals surface area contributed by atoms with Crippen LogP contribution in [0.15, 0.2) is 77.3 Å². The molecule has 3 aromatic carbocycles. The zero-order valence-electron chi connectivity index (χ0n) is 18.3. The molecule has 0 bridgehead atoms. The van der Waals surface area contributed by atoms with E-state index in [0.29, 0.717) is 28.3 Å². The van der Waals surface area contributed by atoms with E-state index in [9.17, 15) is 14.0 Å². The van der Waals surface area contributed by atoms with E-state index >= 15 is 0 Å². The maximum absolute atomic E-state index is 13.5. The van der Waals surface area contributed by atoms with Crippen LogP contribution < -0.4 is 20.1 Å². The highest BCUT2D eigenvalue weighted by Crippen LogP contribution is 2.37. The van der Waals surface area contributed by atoms with Gasteiger partial charge >= 0.3 is 0 Å². The average molecular weight is 461 g/mol. The number of nitrogens with zero attached hydrogens (tertiary/aromatic N) is 1. The summed E-state index contributed by atoms with van der Waals surface area (Å²) in [4.78, 5) is 25.3. The Morgan fingerprint density at radius 3 is 2.09 bits per heavy atom. The lowest BCUT2D eigenvalue weighted by Gasteiger charge is -2.16. The number of methoxy groups -OCH3 is 2. The van der Waals surface area contributed by atoms with E-state index in [1.807, 2.05) is 6.07 Å². The molecule has 172 valence electrons. The van der Waals surface area contributed by atoms with Gasteiger partial charge in [-0.2, -0.15) is 0 Å². The topological polar surface area (TPSA) is 103 Å². The molecule has 0 fully saturated rings. The van der Waals surface area contributed by atoms with Crippen molar-refractivity contribution in [1.29, 1.82) is 0 Å². The molecule has 4 aromatic rings. The van der Waals surface area contributed by atoms with Crippen molar-refractivity contribution in [2.75, 3.05) is 24.9 Å². The predicted octanol–water partition coefficient (Wildman–Crippen LogP) is 5.00. The molecule has 34 heavy (non-hydrogen) atoms. The Balaban J connectivity index is 1.56. The molecule has 0 saturated heterocycles. The molecule has 4 rings (SSSR count). The van der Waals surface area contributed by atoms with E-state index < -0.39 is 11.7 Å². The lowest BCUT2D eigenvalue weighted by molar-refractivity contribution is 0.0986. The molecule has 0 spiro atoms. The van der Waals surface area contributed by atoms with Gasteiger partial charge in [0, 0.05) is 29.3 Å². The van der Waals surface area contributed by atoms with Crippen LogP contribution in [0.2, 0.25) is 0 Å². The van der Waals surface area contributed by atoms with Crippen molar-refractivity contribution in [3.05, 3.63) is 89.9 Å². The van der Waals surface area contributed by atoms with Crippen LogP contribution in [0.4, 0.5) is 15.8 Å². The number of halogens is 1. The second kappa shape index (κ2) is 9.86. The maximum atomic E-state index is 13.5. The first-order chi connectivity index (χ1) is 16.5. The molecule has 0 saturated carbocycles. The summed E-state index contributed by atoms with van der Waals surface area (Å²) in [5.74, 6) is -0.855. The molecule has 0 aliphatic rings. The minimum atomic E-state index is -0.600.